The van der Waals surface area contributed by atoms with Crippen LogP contribution in [0.3, 0.4) is 0 Å². The Bertz CT molecular complexity index is 1480. The molecule has 0 radical (unpaired) electrons. The van der Waals surface area contributed by atoms with Gasteiger partial charge in [-0.3, -0.25) is 9.36 Å². The molecule has 1 aliphatic carbocycles. The minimum Gasteiger partial charge on any atom is -0.493 e. The second-order valence-corrected chi connectivity index (χ2v) is 9.11. The van der Waals surface area contributed by atoms with E-state index in [0.717, 1.165) is 39.4 Å². The molecule has 7 nitrogen and oxygen atoms in total. The molecule has 1 aromatic heterocycles. The van der Waals surface area contributed by atoms with Gasteiger partial charge >= 0.3 is 0 Å². The van der Waals surface area contributed by atoms with Crippen molar-refractivity contribution in [2.24, 2.45) is 0 Å². The van der Waals surface area contributed by atoms with Crippen LogP contribution >= 0.6 is 0 Å². The number of nitrogens with zero attached hydrogens (tertiary/aromatic N) is 2. The smallest absolute Gasteiger partial charge is 0.209 e. The number of rotatable bonds is 5. The van der Waals surface area contributed by atoms with Crippen molar-refractivity contribution in [3.63, 3.8) is 0 Å². The first-order valence-corrected chi connectivity index (χ1v) is 12.0. The zero-order valence-electron chi connectivity index (χ0n) is 20.4. The molecule has 2 atom stereocenters. The summed E-state index contributed by atoms with van der Waals surface area (Å²) in [4.78, 5) is 18.7. The lowest BCUT2D eigenvalue weighted by molar-refractivity contribution is -0.116. The van der Waals surface area contributed by atoms with E-state index in [1.807, 2.05) is 48.5 Å². The molecular weight excluding hydrogens is 454 g/mol. The van der Waals surface area contributed by atoms with E-state index in [-0.39, 0.29) is 17.7 Å². The van der Waals surface area contributed by atoms with E-state index in [4.69, 9.17) is 19.2 Å². The number of hydrogen-bond acceptors (Lipinski definition) is 6. The van der Waals surface area contributed by atoms with Gasteiger partial charge in [-0.05, 0) is 47.7 Å². The normalized spacial score (nSPS) is 18.9. The van der Waals surface area contributed by atoms with E-state index >= 15 is 0 Å². The first kappa shape index (κ1) is 22.2. The third-order valence-corrected chi connectivity index (χ3v) is 7.17. The molecule has 36 heavy (non-hydrogen) atoms. The van der Waals surface area contributed by atoms with Crippen molar-refractivity contribution in [1.29, 1.82) is 0 Å². The van der Waals surface area contributed by atoms with Crippen LogP contribution in [0.2, 0.25) is 0 Å². The van der Waals surface area contributed by atoms with Crippen LogP contribution in [-0.2, 0) is 4.79 Å². The molecule has 4 aromatic rings. The third-order valence-electron chi connectivity index (χ3n) is 7.17. The molecule has 0 saturated carbocycles. The number of aromatic nitrogens is 2. The number of carbonyl (C=O) groups excluding carboxylic acids is 1. The third kappa shape index (κ3) is 3.42. The van der Waals surface area contributed by atoms with Crippen molar-refractivity contribution < 1.29 is 19.0 Å². The first-order valence-electron chi connectivity index (χ1n) is 12.0. The van der Waals surface area contributed by atoms with Gasteiger partial charge in [0.2, 0.25) is 11.7 Å². The molecule has 1 N–H and O–H groups in total. The van der Waals surface area contributed by atoms with Crippen LogP contribution in [0.25, 0.3) is 11.0 Å². The lowest BCUT2D eigenvalue weighted by Gasteiger charge is -2.36. The molecule has 2 heterocycles. The zero-order chi connectivity index (χ0) is 24.8. The van der Waals surface area contributed by atoms with Crippen LogP contribution in [0, 0.1) is 0 Å². The van der Waals surface area contributed by atoms with E-state index < -0.39 is 0 Å². The number of fused-ring (bicyclic) bond motifs is 3. The summed E-state index contributed by atoms with van der Waals surface area (Å²) in [6, 6.07) is 21.9. The number of methoxy groups -OCH3 is 3. The highest BCUT2D eigenvalue weighted by Crippen LogP contribution is 2.48. The number of ketones is 1. The lowest BCUT2D eigenvalue weighted by Crippen LogP contribution is -2.33. The number of para-hydroxylation sites is 2. The Labute approximate surface area is 209 Å². The number of benzene rings is 3. The minimum atomic E-state index is -0.238. The van der Waals surface area contributed by atoms with Gasteiger partial charge in [0, 0.05) is 17.7 Å². The number of Topliss-reactive ketones (excluding diaryl/α,β-unsaturated/α-hetero) is 1. The number of ether oxygens (including phenoxy) is 3. The molecular formula is C29H27N3O4. The summed E-state index contributed by atoms with van der Waals surface area (Å²) in [5.74, 6) is 2.55. The molecule has 0 fully saturated rings. The SMILES string of the molecule is COc1cc(C2CC(=O)C3=C(C2)Nc2nc4ccccc4n2C3c2ccccc2)cc(OC)c1OC. The van der Waals surface area contributed by atoms with Crippen molar-refractivity contribution >= 4 is 22.8 Å². The fraction of sp³-hybridized carbons (Fsp3) is 0.241. The van der Waals surface area contributed by atoms with Gasteiger partial charge in [-0.2, -0.15) is 0 Å². The number of nitrogens with one attached hydrogen (secondary N) is 1. The van der Waals surface area contributed by atoms with E-state index in [2.05, 4.69) is 28.1 Å². The second kappa shape index (κ2) is 8.75. The predicted molar refractivity (Wildman–Crippen MR) is 138 cm³/mol. The molecule has 2 aliphatic rings. The van der Waals surface area contributed by atoms with Crippen molar-refractivity contribution in [2.75, 3.05) is 26.6 Å². The molecule has 6 rings (SSSR count). The summed E-state index contributed by atoms with van der Waals surface area (Å²) in [7, 11) is 4.79. The van der Waals surface area contributed by atoms with Crippen LogP contribution < -0.4 is 19.5 Å². The number of imidazole rings is 1. The monoisotopic (exact) mass is 481 g/mol. The van der Waals surface area contributed by atoms with Crippen LogP contribution in [0.4, 0.5) is 5.95 Å². The molecule has 2 unspecified atom stereocenters. The summed E-state index contributed by atoms with van der Waals surface area (Å²) in [6.45, 7) is 0. The largest absolute Gasteiger partial charge is 0.493 e. The van der Waals surface area contributed by atoms with Gasteiger partial charge in [0.05, 0.1) is 38.4 Å². The molecule has 0 bridgehead atoms. The van der Waals surface area contributed by atoms with Gasteiger partial charge in [0.15, 0.2) is 17.3 Å². The predicted octanol–water partition coefficient (Wildman–Crippen LogP) is 5.48. The summed E-state index contributed by atoms with van der Waals surface area (Å²) in [6.07, 6.45) is 1.07. The van der Waals surface area contributed by atoms with E-state index in [1.165, 1.54) is 0 Å². The van der Waals surface area contributed by atoms with Crippen molar-refractivity contribution in [3.8, 4) is 17.2 Å². The Kier molecular flexibility index (Phi) is 5.40. The Balaban J connectivity index is 1.48. The maximum atomic E-state index is 13.9. The Morgan fingerprint density at radius 1 is 0.861 bits per heavy atom. The highest BCUT2D eigenvalue weighted by atomic mass is 16.5. The van der Waals surface area contributed by atoms with Gasteiger partial charge in [-0.25, -0.2) is 4.98 Å². The summed E-state index contributed by atoms with van der Waals surface area (Å²) >= 11 is 0. The average Bonchev–Trinajstić information content (AvgIpc) is 3.29. The number of anilines is 1. The van der Waals surface area contributed by atoms with Gasteiger partial charge in [0.25, 0.3) is 0 Å². The van der Waals surface area contributed by atoms with E-state index in [0.29, 0.717) is 30.1 Å². The number of hydrogen-bond donors (Lipinski definition) is 1. The second-order valence-electron chi connectivity index (χ2n) is 9.11. The van der Waals surface area contributed by atoms with Crippen LogP contribution in [0.15, 0.2) is 78.0 Å². The molecule has 0 amide bonds. The highest BCUT2D eigenvalue weighted by molar-refractivity contribution is 6.01. The van der Waals surface area contributed by atoms with Crippen LogP contribution in [-0.4, -0.2) is 36.7 Å². The first-order chi connectivity index (χ1) is 17.6. The lowest BCUT2D eigenvalue weighted by atomic mass is 9.77. The standard InChI is InChI=1S/C29H27N3O4/c1-34-24-15-19(16-25(35-2)28(24)36-3)18-13-21-26(23(33)14-18)27(17-9-5-4-6-10-17)32-22-12-8-7-11-20(22)30-29(32)31-21/h4-12,15-16,18,27H,13-14H2,1-3H3,(H,30,31). The Hall–Kier alpha value is -4.26. The van der Waals surface area contributed by atoms with E-state index in [1.54, 1.807) is 21.3 Å². The summed E-state index contributed by atoms with van der Waals surface area (Å²) < 4.78 is 18.8. The fourth-order valence-electron chi connectivity index (χ4n) is 5.55. The molecule has 1 aliphatic heterocycles. The highest BCUT2D eigenvalue weighted by Gasteiger charge is 2.39. The average molecular weight is 482 g/mol. The molecule has 3 aromatic carbocycles. The number of allylic oxidation sites excluding steroid dienone is 2. The van der Waals surface area contributed by atoms with Gasteiger partial charge in [-0.15, -0.1) is 0 Å². The Morgan fingerprint density at radius 2 is 1.56 bits per heavy atom. The summed E-state index contributed by atoms with van der Waals surface area (Å²) in [5, 5.41) is 3.52. The topological polar surface area (TPSA) is 74.6 Å². The minimum absolute atomic E-state index is 0.0372. The zero-order valence-corrected chi connectivity index (χ0v) is 20.4. The molecule has 0 spiro atoms. The maximum absolute atomic E-state index is 13.9. The van der Waals surface area contributed by atoms with Gasteiger partial charge in [0.1, 0.15) is 0 Å². The maximum Gasteiger partial charge on any atom is 0.209 e. The summed E-state index contributed by atoms with van der Waals surface area (Å²) in [5.41, 5.74) is 5.66. The Morgan fingerprint density at radius 3 is 2.25 bits per heavy atom. The van der Waals surface area contributed by atoms with Crippen LogP contribution in [0.5, 0.6) is 17.2 Å². The number of carbonyl (C=O) groups is 1. The van der Waals surface area contributed by atoms with E-state index in [9.17, 15) is 4.79 Å². The van der Waals surface area contributed by atoms with Crippen molar-refractivity contribution in [2.45, 2.75) is 24.8 Å². The van der Waals surface area contributed by atoms with Gasteiger partial charge in [-0.1, -0.05) is 42.5 Å². The van der Waals surface area contributed by atoms with Crippen molar-refractivity contribution in [1.82, 2.24) is 9.55 Å². The molecule has 7 heteroatoms. The van der Waals surface area contributed by atoms with Gasteiger partial charge < -0.3 is 19.5 Å². The molecule has 182 valence electrons. The van der Waals surface area contributed by atoms with Crippen molar-refractivity contribution in [3.05, 3.63) is 89.1 Å². The van der Waals surface area contributed by atoms with Crippen LogP contribution in [0.1, 0.15) is 35.9 Å². The quantitative estimate of drug-likeness (QED) is 0.407. The fourth-order valence-corrected chi connectivity index (χ4v) is 5.55. The molecule has 0 saturated heterocycles.